The standard InChI is InChI=1S/C25H19ClN4O2S2/c1-14-4-2-5-17(10-14)30-24(32)22-18-6-3-7-20(18)34-23(22)29-25(30)33-13-21(31)28-19-11-16(26)9-8-15(19)12-27/h2,4-5,8-11H,3,6-7,13H2,1H3,(H,28,31). The molecule has 0 unspecified atom stereocenters. The van der Waals surface area contributed by atoms with E-state index in [1.54, 1.807) is 34.1 Å². The zero-order valence-electron chi connectivity index (χ0n) is 18.2. The number of aromatic nitrogens is 2. The first-order valence-corrected chi connectivity index (χ1v) is 12.9. The normalized spacial score (nSPS) is 12.5. The van der Waals surface area contributed by atoms with Gasteiger partial charge in [-0.05, 0) is 67.6 Å². The average molecular weight is 507 g/mol. The molecule has 2 heterocycles. The van der Waals surface area contributed by atoms with Crippen molar-refractivity contribution in [2.24, 2.45) is 0 Å². The topological polar surface area (TPSA) is 87.8 Å². The summed E-state index contributed by atoms with van der Waals surface area (Å²) in [5, 5.41) is 13.6. The molecule has 9 heteroatoms. The number of hydrogen-bond donors (Lipinski definition) is 1. The van der Waals surface area contributed by atoms with E-state index in [1.807, 2.05) is 37.3 Å². The highest BCUT2D eigenvalue weighted by Gasteiger charge is 2.24. The van der Waals surface area contributed by atoms with Gasteiger partial charge in [-0.3, -0.25) is 14.2 Å². The third-order valence-corrected chi connectivity index (χ3v) is 8.04. The average Bonchev–Trinajstić information content (AvgIpc) is 3.39. The number of rotatable bonds is 5. The Balaban J connectivity index is 1.51. The second kappa shape index (κ2) is 9.26. The molecule has 170 valence electrons. The van der Waals surface area contributed by atoms with Crippen molar-refractivity contribution in [1.29, 1.82) is 5.26 Å². The number of thioether (sulfide) groups is 1. The minimum atomic E-state index is -0.317. The summed E-state index contributed by atoms with van der Waals surface area (Å²) < 4.78 is 1.61. The van der Waals surface area contributed by atoms with Crippen molar-refractivity contribution < 1.29 is 4.79 Å². The molecule has 0 spiro atoms. The van der Waals surface area contributed by atoms with E-state index in [2.05, 4.69) is 5.32 Å². The van der Waals surface area contributed by atoms with Crippen molar-refractivity contribution in [3.05, 3.63) is 79.4 Å². The first kappa shape index (κ1) is 22.7. The third-order valence-electron chi connectivity index (χ3n) is 5.68. The molecule has 0 atom stereocenters. The molecule has 1 amide bonds. The van der Waals surface area contributed by atoms with Crippen molar-refractivity contribution in [2.45, 2.75) is 31.3 Å². The van der Waals surface area contributed by atoms with Gasteiger partial charge in [0.2, 0.25) is 5.91 Å². The van der Waals surface area contributed by atoms with Gasteiger partial charge in [0.05, 0.1) is 28.1 Å². The monoisotopic (exact) mass is 506 g/mol. The summed E-state index contributed by atoms with van der Waals surface area (Å²) in [5.41, 5.74) is 3.46. The van der Waals surface area contributed by atoms with E-state index in [-0.39, 0.29) is 17.2 Å². The molecule has 0 saturated heterocycles. The largest absolute Gasteiger partial charge is 0.324 e. The molecule has 2 aromatic heterocycles. The predicted octanol–water partition coefficient (Wildman–Crippen LogP) is 5.50. The molecule has 5 rings (SSSR count). The number of nitrogens with one attached hydrogen (secondary N) is 1. The van der Waals surface area contributed by atoms with Crippen LogP contribution in [0.1, 0.15) is 28.0 Å². The Bertz CT molecular complexity index is 1550. The summed E-state index contributed by atoms with van der Waals surface area (Å²) in [6.45, 7) is 1.97. The third kappa shape index (κ3) is 4.23. The molecule has 1 aliphatic carbocycles. The van der Waals surface area contributed by atoms with Crippen LogP contribution in [0.2, 0.25) is 5.02 Å². The smallest absolute Gasteiger partial charge is 0.267 e. The summed E-state index contributed by atoms with van der Waals surface area (Å²) in [5.74, 6) is -0.297. The highest BCUT2D eigenvalue weighted by atomic mass is 35.5. The van der Waals surface area contributed by atoms with Crippen molar-refractivity contribution >= 4 is 56.5 Å². The molecule has 2 aromatic carbocycles. The Kier molecular flexibility index (Phi) is 6.17. The summed E-state index contributed by atoms with van der Waals surface area (Å²) >= 11 is 8.79. The number of halogens is 1. The second-order valence-corrected chi connectivity index (χ2v) is 10.5. The Labute approximate surface area is 209 Å². The number of hydrogen-bond acceptors (Lipinski definition) is 6. The minimum Gasteiger partial charge on any atom is -0.324 e. The predicted molar refractivity (Wildman–Crippen MR) is 137 cm³/mol. The zero-order valence-corrected chi connectivity index (χ0v) is 20.6. The lowest BCUT2D eigenvalue weighted by Gasteiger charge is -2.13. The molecule has 0 aliphatic heterocycles. The molecular weight excluding hydrogens is 488 g/mol. The molecule has 34 heavy (non-hydrogen) atoms. The number of nitriles is 1. The van der Waals surface area contributed by atoms with Crippen LogP contribution in [0, 0.1) is 18.3 Å². The first-order valence-electron chi connectivity index (χ1n) is 10.7. The van der Waals surface area contributed by atoms with E-state index in [1.165, 1.54) is 16.6 Å². The van der Waals surface area contributed by atoms with Crippen LogP contribution in [-0.2, 0) is 17.6 Å². The SMILES string of the molecule is Cc1cccc(-n2c(SCC(=O)Nc3cc(Cl)ccc3C#N)nc3sc4c(c3c2=O)CCC4)c1. The van der Waals surface area contributed by atoms with Crippen molar-refractivity contribution in [3.8, 4) is 11.8 Å². The molecule has 0 radical (unpaired) electrons. The van der Waals surface area contributed by atoms with E-state index in [0.29, 0.717) is 26.8 Å². The fraction of sp³-hybridized carbons (Fsp3) is 0.200. The van der Waals surface area contributed by atoms with Crippen LogP contribution in [0.15, 0.2) is 52.4 Å². The van der Waals surface area contributed by atoms with E-state index < -0.39 is 0 Å². The second-order valence-electron chi connectivity index (χ2n) is 8.05. The van der Waals surface area contributed by atoms with E-state index >= 15 is 0 Å². The molecule has 1 aliphatic rings. The highest BCUT2D eigenvalue weighted by molar-refractivity contribution is 7.99. The molecule has 1 N–H and O–H groups in total. The van der Waals surface area contributed by atoms with Crippen molar-refractivity contribution in [1.82, 2.24) is 9.55 Å². The number of fused-ring (bicyclic) bond motifs is 3. The number of aryl methyl sites for hydroxylation is 3. The molecule has 6 nitrogen and oxygen atoms in total. The maximum atomic E-state index is 13.7. The summed E-state index contributed by atoms with van der Waals surface area (Å²) in [6, 6.07) is 14.5. The van der Waals surface area contributed by atoms with Crippen LogP contribution in [0.4, 0.5) is 5.69 Å². The first-order chi connectivity index (χ1) is 16.4. The number of amides is 1. The fourth-order valence-electron chi connectivity index (χ4n) is 4.15. The van der Waals surface area contributed by atoms with Crippen LogP contribution < -0.4 is 10.9 Å². The molecular formula is C25H19ClN4O2S2. The van der Waals surface area contributed by atoms with Crippen molar-refractivity contribution in [2.75, 3.05) is 11.1 Å². The van der Waals surface area contributed by atoms with Crippen molar-refractivity contribution in [3.63, 3.8) is 0 Å². The molecule has 4 aromatic rings. The Hall–Kier alpha value is -3.12. The zero-order chi connectivity index (χ0) is 23.8. The summed E-state index contributed by atoms with van der Waals surface area (Å²) in [4.78, 5) is 33.2. The van der Waals surface area contributed by atoms with Gasteiger partial charge in [-0.25, -0.2) is 4.98 Å². The minimum absolute atomic E-state index is 0.0201. The molecule has 0 saturated carbocycles. The van der Waals surface area contributed by atoms with Gasteiger partial charge < -0.3 is 5.32 Å². The van der Waals surface area contributed by atoms with Gasteiger partial charge in [0.25, 0.3) is 5.56 Å². The quantitative estimate of drug-likeness (QED) is 0.285. The lowest BCUT2D eigenvalue weighted by atomic mass is 10.2. The Morgan fingerprint density at radius 3 is 2.94 bits per heavy atom. The molecule has 0 bridgehead atoms. The number of nitrogens with zero attached hydrogens (tertiary/aromatic N) is 3. The van der Waals surface area contributed by atoms with Gasteiger partial charge in [-0.2, -0.15) is 5.26 Å². The van der Waals surface area contributed by atoms with Crippen LogP contribution in [-0.4, -0.2) is 21.2 Å². The summed E-state index contributed by atoms with van der Waals surface area (Å²) in [6.07, 6.45) is 2.94. The maximum Gasteiger partial charge on any atom is 0.267 e. The number of benzene rings is 2. The van der Waals surface area contributed by atoms with Crippen LogP contribution in [0.25, 0.3) is 15.9 Å². The Morgan fingerprint density at radius 2 is 2.15 bits per heavy atom. The fourth-order valence-corrected chi connectivity index (χ4v) is 6.44. The lowest BCUT2D eigenvalue weighted by Crippen LogP contribution is -2.23. The van der Waals surface area contributed by atoms with E-state index in [0.717, 1.165) is 40.9 Å². The number of carbonyl (C=O) groups excluding carboxylic acids is 1. The van der Waals surface area contributed by atoms with E-state index in [4.69, 9.17) is 16.6 Å². The maximum absolute atomic E-state index is 13.7. The summed E-state index contributed by atoms with van der Waals surface area (Å²) in [7, 11) is 0. The van der Waals surface area contributed by atoms with Gasteiger partial charge in [-0.15, -0.1) is 11.3 Å². The Morgan fingerprint density at radius 1 is 1.29 bits per heavy atom. The van der Waals surface area contributed by atoms with Gasteiger partial charge >= 0.3 is 0 Å². The van der Waals surface area contributed by atoms with E-state index in [9.17, 15) is 14.9 Å². The van der Waals surface area contributed by atoms with Gasteiger partial charge in [0.15, 0.2) is 5.16 Å². The molecule has 0 fully saturated rings. The number of carbonyl (C=O) groups is 1. The van der Waals surface area contributed by atoms with Crippen LogP contribution in [0.5, 0.6) is 0 Å². The van der Waals surface area contributed by atoms with Gasteiger partial charge in [-0.1, -0.05) is 35.5 Å². The van der Waals surface area contributed by atoms with Gasteiger partial charge in [0, 0.05) is 9.90 Å². The van der Waals surface area contributed by atoms with Gasteiger partial charge in [0.1, 0.15) is 10.9 Å². The number of thiophene rings is 1. The van der Waals surface area contributed by atoms with Crippen LogP contribution in [0.3, 0.4) is 0 Å². The van der Waals surface area contributed by atoms with Crippen LogP contribution >= 0.6 is 34.7 Å². The number of anilines is 1. The lowest BCUT2D eigenvalue weighted by molar-refractivity contribution is -0.113. The highest BCUT2D eigenvalue weighted by Crippen LogP contribution is 2.36.